The number of hydrogen-bond donors (Lipinski definition) is 1. The fraction of sp³-hybridized carbons (Fsp3) is 0. The van der Waals surface area contributed by atoms with Gasteiger partial charge in [0.15, 0.2) is 0 Å². The number of para-hydroxylation sites is 1. The molecule has 0 aliphatic heterocycles. The molecule has 0 atom stereocenters. The maximum atomic E-state index is 10.0. The molecule has 0 saturated carbocycles. The highest BCUT2D eigenvalue weighted by Gasteiger charge is 1.98. The third kappa shape index (κ3) is 7.15. The Morgan fingerprint density at radius 3 is 2.00 bits per heavy atom. The van der Waals surface area contributed by atoms with Crippen LogP contribution in [0, 0.1) is 10.1 Å². The van der Waals surface area contributed by atoms with Gasteiger partial charge in [-0.15, -0.1) is 0 Å². The third-order valence-corrected chi connectivity index (χ3v) is 1.46. The monoisotopic (exact) mass is 245 g/mol. The summed E-state index contributed by atoms with van der Waals surface area (Å²) in [5.41, 5.74) is 4.43. The lowest BCUT2D eigenvalue weighted by atomic mass is 10.3. The van der Waals surface area contributed by atoms with Crippen LogP contribution in [0.4, 0.5) is 10.5 Å². The van der Waals surface area contributed by atoms with E-state index in [2.05, 4.69) is 10.1 Å². The first-order valence-corrected chi connectivity index (χ1v) is 4.76. The Labute approximate surface area is 91.6 Å². The second kappa shape index (κ2) is 7.06. The van der Waals surface area contributed by atoms with E-state index in [-0.39, 0.29) is 5.69 Å². The zero-order chi connectivity index (χ0) is 12.6. The summed E-state index contributed by atoms with van der Waals surface area (Å²) in [5.74, 6) is 0. The Morgan fingerprint density at radius 2 is 1.81 bits per heavy atom. The summed E-state index contributed by atoms with van der Waals surface area (Å²) in [7, 11) is -2.70. The van der Waals surface area contributed by atoms with E-state index in [1.807, 2.05) is 0 Å². The normalized spacial score (nSPS) is 8.25. The molecule has 8 nitrogen and oxygen atoms in total. The number of nitro groups is 1. The van der Waals surface area contributed by atoms with Crippen LogP contribution in [0.5, 0.6) is 0 Å². The van der Waals surface area contributed by atoms with Gasteiger partial charge in [0.1, 0.15) is 0 Å². The summed E-state index contributed by atoms with van der Waals surface area (Å²) >= 11 is 0. The van der Waals surface area contributed by atoms with Crippen molar-refractivity contribution in [2.75, 3.05) is 0 Å². The number of nitrogens with zero attached hydrogens (tertiary/aromatic N) is 2. The Balaban J connectivity index is 0.000000293. The number of urea groups is 1. The fourth-order valence-electron chi connectivity index (χ4n) is 0.623. The van der Waals surface area contributed by atoms with Gasteiger partial charge in [-0.3, -0.25) is 10.1 Å². The lowest BCUT2D eigenvalue weighted by Gasteiger charge is -1.85. The largest absolute Gasteiger partial charge is 0.353 e. The summed E-state index contributed by atoms with van der Waals surface area (Å²) in [6, 6.07) is 6.73. The average Bonchev–Trinajstić information content (AvgIpc) is 2.17. The van der Waals surface area contributed by atoms with E-state index in [9.17, 15) is 23.3 Å². The topological polar surface area (TPSA) is 133 Å². The van der Waals surface area contributed by atoms with E-state index in [1.54, 1.807) is 18.2 Å². The predicted octanol–water partition coefficient (Wildman–Crippen LogP) is 0.723. The molecule has 2 N–H and O–H groups in total. The standard InChI is InChI=1S/C6H5NO2.CH2N2O3S/c8-7(9)6-4-2-1-3-5-6;2-1(4)3-7(5)6/h1-5H;(H2,2,4). The summed E-state index contributed by atoms with van der Waals surface area (Å²) in [6.45, 7) is 0. The van der Waals surface area contributed by atoms with E-state index < -0.39 is 21.5 Å². The van der Waals surface area contributed by atoms with Crippen LogP contribution in [0.25, 0.3) is 0 Å². The van der Waals surface area contributed by atoms with Gasteiger partial charge in [-0.05, 0) is 0 Å². The second-order valence-corrected chi connectivity index (χ2v) is 2.86. The van der Waals surface area contributed by atoms with Crippen molar-refractivity contribution >= 4 is 22.2 Å². The Bertz CT molecular complexity index is 488. The van der Waals surface area contributed by atoms with Crippen LogP contribution >= 0.6 is 0 Å². The minimum Gasteiger partial charge on any atom is -0.349 e. The minimum atomic E-state index is -2.70. The number of nitrogens with two attached hydrogens (primary N) is 1. The van der Waals surface area contributed by atoms with Gasteiger partial charge in [-0.2, -0.15) is 8.42 Å². The number of non-ortho nitro benzene ring substituents is 1. The van der Waals surface area contributed by atoms with Crippen LogP contribution in [0.15, 0.2) is 34.7 Å². The predicted molar refractivity (Wildman–Crippen MR) is 54.0 cm³/mol. The third-order valence-electron chi connectivity index (χ3n) is 1.13. The van der Waals surface area contributed by atoms with Crippen molar-refractivity contribution in [1.29, 1.82) is 0 Å². The van der Waals surface area contributed by atoms with E-state index in [4.69, 9.17) is 0 Å². The number of carbonyl (C=O) groups is 1. The molecule has 1 rings (SSSR count). The van der Waals surface area contributed by atoms with E-state index >= 15 is 0 Å². The molecule has 2 amide bonds. The van der Waals surface area contributed by atoms with Crippen molar-refractivity contribution in [2.45, 2.75) is 0 Å². The quantitative estimate of drug-likeness (QED) is 0.574. The molecule has 1 aromatic rings. The average molecular weight is 245 g/mol. The molecule has 0 radical (unpaired) electrons. The van der Waals surface area contributed by atoms with Crippen molar-refractivity contribution in [3.05, 3.63) is 40.4 Å². The molecule has 9 heteroatoms. The molecular weight excluding hydrogens is 238 g/mol. The van der Waals surface area contributed by atoms with Crippen molar-refractivity contribution in [3.8, 4) is 0 Å². The number of primary amides is 1. The number of amides is 2. The molecule has 86 valence electrons. The van der Waals surface area contributed by atoms with Gasteiger partial charge in [0.25, 0.3) is 5.69 Å². The Kier molecular flexibility index (Phi) is 6.05. The van der Waals surface area contributed by atoms with E-state index in [0.717, 1.165) is 0 Å². The van der Waals surface area contributed by atoms with Gasteiger partial charge in [0.2, 0.25) is 0 Å². The summed E-state index contributed by atoms with van der Waals surface area (Å²) < 4.78 is 21.0. The molecule has 0 heterocycles. The van der Waals surface area contributed by atoms with Crippen LogP contribution < -0.4 is 5.73 Å². The van der Waals surface area contributed by atoms with E-state index in [0.29, 0.717) is 0 Å². The van der Waals surface area contributed by atoms with Crippen LogP contribution in [-0.4, -0.2) is 19.4 Å². The van der Waals surface area contributed by atoms with Crippen molar-refractivity contribution in [1.82, 2.24) is 0 Å². The highest BCUT2D eigenvalue weighted by atomic mass is 32.2. The second-order valence-electron chi connectivity index (χ2n) is 2.24. The minimum absolute atomic E-state index is 0.137. The molecule has 0 bridgehead atoms. The van der Waals surface area contributed by atoms with Gasteiger partial charge in [-0.25, -0.2) is 4.79 Å². The fourth-order valence-corrected chi connectivity index (χ4v) is 0.770. The zero-order valence-corrected chi connectivity index (χ0v) is 8.62. The van der Waals surface area contributed by atoms with Gasteiger partial charge in [0.05, 0.1) is 4.92 Å². The first-order valence-electron chi connectivity index (χ1n) is 3.73. The van der Waals surface area contributed by atoms with Crippen LogP contribution in [0.2, 0.25) is 0 Å². The number of benzene rings is 1. The molecule has 0 aliphatic rings. The Hall–Kier alpha value is -2.29. The molecule has 0 aromatic heterocycles. The van der Waals surface area contributed by atoms with Crippen LogP contribution in [0.1, 0.15) is 0 Å². The first-order chi connectivity index (χ1) is 7.43. The van der Waals surface area contributed by atoms with Gasteiger partial charge in [0, 0.05) is 12.1 Å². The van der Waals surface area contributed by atoms with Crippen LogP contribution in [-0.2, 0) is 10.5 Å². The van der Waals surface area contributed by atoms with Crippen molar-refractivity contribution in [3.63, 3.8) is 0 Å². The highest BCUT2D eigenvalue weighted by molar-refractivity contribution is 7.62. The van der Waals surface area contributed by atoms with Gasteiger partial charge < -0.3 is 5.73 Å². The van der Waals surface area contributed by atoms with Crippen LogP contribution in [0.3, 0.4) is 0 Å². The molecule has 0 saturated heterocycles. The molecule has 0 spiro atoms. The molecular formula is C7H7N3O5S. The smallest absolute Gasteiger partial charge is 0.349 e. The molecule has 16 heavy (non-hydrogen) atoms. The van der Waals surface area contributed by atoms with Gasteiger partial charge in [-0.1, -0.05) is 22.6 Å². The number of hydrogen-bond acceptors (Lipinski definition) is 5. The maximum absolute atomic E-state index is 10.0. The number of nitro benzene ring substituents is 1. The first kappa shape index (κ1) is 13.7. The van der Waals surface area contributed by atoms with Crippen molar-refractivity contribution < 1.29 is 18.1 Å². The van der Waals surface area contributed by atoms with Crippen molar-refractivity contribution in [2.24, 2.45) is 10.1 Å². The number of carbonyl (C=O) groups excluding carboxylic acids is 1. The highest BCUT2D eigenvalue weighted by Crippen LogP contribution is 2.06. The maximum Gasteiger partial charge on any atom is 0.353 e. The summed E-state index contributed by atoms with van der Waals surface area (Å²) in [4.78, 5) is 19.1. The zero-order valence-electron chi connectivity index (χ0n) is 7.81. The molecule has 0 fully saturated rings. The Morgan fingerprint density at radius 1 is 1.31 bits per heavy atom. The summed E-state index contributed by atoms with van der Waals surface area (Å²) in [5, 5.41) is 10.0. The lowest BCUT2D eigenvalue weighted by molar-refractivity contribution is -0.384. The lowest BCUT2D eigenvalue weighted by Crippen LogP contribution is -2.02. The molecule has 0 aliphatic carbocycles. The molecule has 0 unspecified atom stereocenters. The summed E-state index contributed by atoms with van der Waals surface area (Å²) in [6.07, 6.45) is 0. The molecule has 1 aromatic carbocycles. The number of rotatable bonds is 1. The van der Waals surface area contributed by atoms with Gasteiger partial charge >= 0.3 is 16.5 Å². The SMILES string of the molecule is NC(=O)N=S(=O)=O.O=[N+]([O-])c1ccccc1. The van der Waals surface area contributed by atoms with E-state index in [1.165, 1.54) is 12.1 Å².